The number of halogens is 3. The quantitative estimate of drug-likeness (QED) is 0.870. The van der Waals surface area contributed by atoms with Gasteiger partial charge in [0.1, 0.15) is 6.26 Å². The van der Waals surface area contributed by atoms with Gasteiger partial charge in [0, 0.05) is 12.1 Å². The molecule has 0 radical (unpaired) electrons. The zero-order chi connectivity index (χ0) is 17.9. The van der Waals surface area contributed by atoms with E-state index in [-0.39, 0.29) is 17.5 Å². The number of carbonyl (C=O) groups is 1. The number of carbonyl (C=O) groups excluding carboxylic acids is 1. The molecule has 1 heterocycles. The summed E-state index contributed by atoms with van der Waals surface area (Å²) in [6, 6.07) is 4.47. The minimum Gasteiger partial charge on any atom is -0.444 e. The van der Waals surface area contributed by atoms with Crippen molar-refractivity contribution in [1.82, 2.24) is 10.3 Å². The molecule has 0 saturated heterocycles. The fraction of sp³-hybridized carbons (Fsp3) is 0.444. The summed E-state index contributed by atoms with van der Waals surface area (Å²) in [5.74, 6) is 0.294. The Balaban J connectivity index is 1.62. The number of oxazole rings is 1. The monoisotopic (exact) mass is 352 g/mol. The van der Waals surface area contributed by atoms with Crippen molar-refractivity contribution in [3.05, 3.63) is 41.8 Å². The van der Waals surface area contributed by atoms with Crippen LogP contribution >= 0.6 is 0 Å². The number of hydrogen-bond acceptors (Lipinski definition) is 3. The van der Waals surface area contributed by atoms with E-state index >= 15 is 0 Å². The molecule has 1 saturated carbocycles. The molecule has 3 rings (SSSR count). The highest BCUT2D eigenvalue weighted by atomic mass is 19.4. The number of nitrogens with zero attached hydrogens (tertiary/aromatic N) is 1. The van der Waals surface area contributed by atoms with Gasteiger partial charge in [-0.2, -0.15) is 13.2 Å². The van der Waals surface area contributed by atoms with Gasteiger partial charge in [-0.05, 0) is 43.0 Å². The number of alkyl halides is 3. The first kappa shape index (κ1) is 17.5. The lowest BCUT2D eigenvalue weighted by molar-refractivity contribution is -0.137. The van der Waals surface area contributed by atoms with Crippen LogP contribution in [0.1, 0.15) is 48.2 Å². The molecular weight excluding hydrogens is 333 g/mol. The molecule has 1 amide bonds. The molecule has 2 aromatic rings. The van der Waals surface area contributed by atoms with Crippen molar-refractivity contribution in [1.29, 1.82) is 0 Å². The van der Waals surface area contributed by atoms with Crippen LogP contribution in [0.3, 0.4) is 0 Å². The van der Waals surface area contributed by atoms with Gasteiger partial charge in [-0.25, -0.2) is 4.98 Å². The molecule has 0 bridgehead atoms. The zero-order valence-electron chi connectivity index (χ0n) is 13.6. The second kappa shape index (κ2) is 7.29. The predicted octanol–water partition coefficient (Wildman–Crippen LogP) is 4.67. The summed E-state index contributed by atoms with van der Waals surface area (Å²) in [6.07, 6.45) is 2.73. The van der Waals surface area contributed by atoms with Gasteiger partial charge >= 0.3 is 6.18 Å². The maximum Gasteiger partial charge on any atom is 0.416 e. The summed E-state index contributed by atoms with van der Waals surface area (Å²) in [5.41, 5.74) is -0.224. The molecular formula is C18H19F3N2O2. The van der Waals surface area contributed by atoms with Gasteiger partial charge in [-0.1, -0.05) is 19.3 Å². The largest absolute Gasteiger partial charge is 0.444 e. The van der Waals surface area contributed by atoms with Gasteiger partial charge in [0.2, 0.25) is 5.89 Å². The number of amides is 1. The van der Waals surface area contributed by atoms with Crippen molar-refractivity contribution in [2.24, 2.45) is 5.92 Å². The van der Waals surface area contributed by atoms with Crippen molar-refractivity contribution in [3.8, 4) is 11.5 Å². The van der Waals surface area contributed by atoms with Gasteiger partial charge in [0.25, 0.3) is 5.91 Å². The van der Waals surface area contributed by atoms with E-state index < -0.39 is 11.7 Å². The van der Waals surface area contributed by atoms with Gasteiger partial charge in [0.15, 0.2) is 5.69 Å². The van der Waals surface area contributed by atoms with Crippen molar-refractivity contribution >= 4 is 5.91 Å². The van der Waals surface area contributed by atoms with Crippen molar-refractivity contribution < 1.29 is 22.4 Å². The van der Waals surface area contributed by atoms with Crippen molar-refractivity contribution in [2.75, 3.05) is 6.54 Å². The molecule has 1 aliphatic carbocycles. The highest BCUT2D eigenvalue weighted by Crippen LogP contribution is 2.30. The van der Waals surface area contributed by atoms with Crippen LogP contribution in [0.25, 0.3) is 11.5 Å². The Labute approximate surface area is 143 Å². The van der Waals surface area contributed by atoms with E-state index in [2.05, 4.69) is 10.3 Å². The topological polar surface area (TPSA) is 55.1 Å². The Hall–Kier alpha value is -2.31. The SMILES string of the molecule is O=C(NCC1CCCCC1)c1coc(-c2ccc(C(F)(F)F)cc2)n1. The minimum absolute atomic E-state index is 0.122. The molecule has 0 aliphatic heterocycles. The summed E-state index contributed by atoms with van der Waals surface area (Å²) in [4.78, 5) is 16.2. The van der Waals surface area contributed by atoms with Crippen LogP contribution in [0.5, 0.6) is 0 Å². The number of nitrogens with one attached hydrogen (secondary N) is 1. The van der Waals surface area contributed by atoms with Crippen molar-refractivity contribution in [2.45, 2.75) is 38.3 Å². The summed E-state index contributed by atoms with van der Waals surface area (Å²) in [6.45, 7) is 0.612. The first-order valence-corrected chi connectivity index (χ1v) is 8.35. The van der Waals surface area contributed by atoms with Crippen LogP contribution in [-0.2, 0) is 6.18 Å². The van der Waals surface area contributed by atoms with E-state index in [1.54, 1.807) is 0 Å². The minimum atomic E-state index is -4.39. The first-order valence-electron chi connectivity index (χ1n) is 8.35. The summed E-state index contributed by atoms with van der Waals surface area (Å²) >= 11 is 0. The second-order valence-electron chi connectivity index (χ2n) is 6.33. The van der Waals surface area contributed by atoms with E-state index in [1.165, 1.54) is 37.7 Å². The lowest BCUT2D eigenvalue weighted by atomic mass is 9.89. The second-order valence-corrected chi connectivity index (χ2v) is 6.33. The Morgan fingerprint density at radius 1 is 1.16 bits per heavy atom. The average Bonchev–Trinajstić information content (AvgIpc) is 3.10. The maximum absolute atomic E-state index is 12.6. The number of aromatic nitrogens is 1. The van der Waals surface area contributed by atoms with Crippen molar-refractivity contribution in [3.63, 3.8) is 0 Å². The molecule has 25 heavy (non-hydrogen) atoms. The summed E-state index contributed by atoms with van der Waals surface area (Å²) < 4.78 is 43.0. The highest BCUT2D eigenvalue weighted by Gasteiger charge is 2.30. The lowest BCUT2D eigenvalue weighted by Crippen LogP contribution is -2.30. The van der Waals surface area contributed by atoms with Gasteiger partial charge in [-0.15, -0.1) is 0 Å². The molecule has 0 unspecified atom stereocenters. The fourth-order valence-corrected chi connectivity index (χ4v) is 3.03. The molecule has 1 fully saturated rings. The Morgan fingerprint density at radius 3 is 2.48 bits per heavy atom. The van der Waals surface area contributed by atoms with E-state index in [0.717, 1.165) is 25.0 Å². The third-order valence-electron chi connectivity index (χ3n) is 4.47. The zero-order valence-corrected chi connectivity index (χ0v) is 13.6. The van der Waals surface area contributed by atoms with Crippen LogP contribution in [0.2, 0.25) is 0 Å². The standard InChI is InChI=1S/C18H19F3N2O2/c19-18(20,21)14-8-6-13(7-9-14)17-23-15(11-25-17)16(24)22-10-12-4-2-1-3-5-12/h6-9,11-12H,1-5,10H2,(H,22,24). The smallest absolute Gasteiger partial charge is 0.416 e. The fourth-order valence-electron chi connectivity index (χ4n) is 3.03. The van der Waals surface area contributed by atoms with Crippen LogP contribution in [0.4, 0.5) is 13.2 Å². The van der Waals surface area contributed by atoms with E-state index in [1.807, 2.05) is 0 Å². The third kappa shape index (κ3) is 4.41. The van der Waals surface area contributed by atoms with Gasteiger partial charge in [-0.3, -0.25) is 4.79 Å². The number of hydrogen-bond donors (Lipinski definition) is 1. The first-order chi connectivity index (χ1) is 11.9. The predicted molar refractivity (Wildman–Crippen MR) is 85.8 cm³/mol. The van der Waals surface area contributed by atoms with Crippen LogP contribution in [0, 0.1) is 5.92 Å². The molecule has 1 aromatic carbocycles. The van der Waals surface area contributed by atoms with E-state index in [4.69, 9.17) is 4.42 Å². The number of benzene rings is 1. The van der Waals surface area contributed by atoms with Crippen LogP contribution < -0.4 is 5.32 Å². The van der Waals surface area contributed by atoms with Gasteiger partial charge in [0.05, 0.1) is 5.56 Å². The highest BCUT2D eigenvalue weighted by molar-refractivity contribution is 5.92. The Bertz CT molecular complexity index is 717. The third-order valence-corrected chi connectivity index (χ3v) is 4.47. The molecule has 0 spiro atoms. The summed E-state index contributed by atoms with van der Waals surface area (Å²) in [5, 5.41) is 2.85. The molecule has 134 valence electrons. The molecule has 1 aromatic heterocycles. The Kier molecular flexibility index (Phi) is 5.11. The molecule has 7 heteroatoms. The van der Waals surface area contributed by atoms with E-state index in [9.17, 15) is 18.0 Å². The molecule has 1 aliphatic rings. The number of rotatable bonds is 4. The summed E-state index contributed by atoms with van der Waals surface area (Å²) in [7, 11) is 0. The Morgan fingerprint density at radius 2 is 1.84 bits per heavy atom. The van der Waals surface area contributed by atoms with Crippen LogP contribution in [-0.4, -0.2) is 17.4 Å². The normalized spacial score (nSPS) is 16.0. The molecule has 4 nitrogen and oxygen atoms in total. The lowest BCUT2D eigenvalue weighted by Gasteiger charge is -2.21. The molecule has 0 atom stereocenters. The molecule has 1 N–H and O–H groups in total. The van der Waals surface area contributed by atoms with E-state index in [0.29, 0.717) is 18.0 Å². The van der Waals surface area contributed by atoms with Crippen LogP contribution in [0.15, 0.2) is 34.9 Å². The maximum atomic E-state index is 12.6. The van der Waals surface area contributed by atoms with Gasteiger partial charge < -0.3 is 9.73 Å². The average molecular weight is 352 g/mol.